The summed E-state index contributed by atoms with van der Waals surface area (Å²) >= 11 is 3.31. The van der Waals surface area contributed by atoms with Gasteiger partial charge in [-0.3, -0.25) is 4.79 Å². The van der Waals surface area contributed by atoms with Crippen LogP contribution >= 0.6 is 15.9 Å². The van der Waals surface area contributed by atoms with Gasteiger partial charge in [0.15, 0.2) is 0 Å². The van der Waals surface area contributed by atoms with Crippen molar-refractivity contribution in [1.29, 1.82) is 0 Å². The van der Waals surface area contributed by atoms with Gasteiger partial charge in [0.2, 0.25) is 0 Å². The molecule has 0 bridgehead atoms. The fourth-order valence-corrected chi connectivity index (χ4v) is 2.87. The number of nitrogens with zero attached hydrogens (tertiary/aromatic N) is 2. The second kappa shape index (κ2) is 7.19. The normalized spacial score (nSPS) is 22.1. The van der Waals surface area contributed by atoms with Gasteiger partial charge in [-0.15, -0.1) is 0 Å². The lowest BCUT2D eigenvalue weighted by atomic mass is 10.1. The predicted molar refractivity (Wildman–Crippen MR) is 79.9 cm³/mol. The summed E-state index contributed by atoms with van der Waals surface area (Å²) in [5.41, 5.74) is 0.488. The Kier molecular flexibility index (Phi) is 5.56. The zero-order chi connectivity index (χ0) is 14.5. The molecular formula is C13H20BrN3O3. The highest BCUT2D eigenvalue weighted by Gasteiger charge is 2.25. The summed E-state index contributed by atoms with van der Waals surface area (Å²) in [6.45, 7) is 1.53. The maximum absolute atomic E-state index is 12.1. The first kappa shape index (κ1) is 15.5. The van der Waals surface area contributed by atoms with Crippen LogP contribution in [0.2, 0.25) is 0 Å². The number of aromatic nitrogens is 2. The van der Waals surface area contributed by atoms with E-state index in [2.05, 4.69) is 26.3 Å². The van der Waals surface area contributed by atoms with Crippen LogP contribution in [0.25, 0.3) is 0 Å². The van der Waals surface area contributed by atoms with Gasteiger partial charge in [-0.2, -0.15) is 5.10 Å². The molecule has 0 aromatic carbocycles. The van der Waals surface area contributed by atoms with E-state index in [4.69, 9.17) is 4.74 Å². The molecule has 1 aliphatic carbocycles. The first-order valence-corrected chi connectivity index (χ1v) is 7.59. The molecule has 0 radical (unpaired) electrons. The molecular weight excluding hydrogens is 326 g/mol. The Morgan fingerprint density at radius 2 is 2.40 bits per heavy atom. The van der Waals surface area contributed by atoms with Gasteiger partial charge in [-0.25, -0.2) is 4.68 Å². The molecule has 1 saturated carbocycles. The van der Waals surface area contributed by atoms with Gasteiger partial charge in [-0.1, -0.05) is 6.42 Å². The zero-order valence-corrected chi connectivity index (χ0v) is 13.1. The van der Waals surface area contributed by atoms with Crippen molar-refractivity contribution in [2.75, 3.05) is 25.6 Å². The van der Waals surface area contributed by atoms with E-state index < -0.39 is 0 Å². The average Bonchev–Trinajstić information content (AvgIpc) is 2.85. The lowest BCUT2D eigenvalue weighted by molar-refractivity contribution is 0.138. The third-order valence-corrected chi connectivity index (χ3v) is 4.43. The Hall–Kier alpha value is -0.920. The van der Waals surface area contributed by atoms with Crippen LogP contribution in [0.1, 0.15) is 19.3 Å². The van der Waals surface area contributed by atoms with Crippen molar-refractivity contribution in [1.82, 2.24) is 9.78 Å². The number of anilines is 1. The molecule has 1 aliphatic rings. The summed E-state index contributed by atoms with van der Waals surface area (Å²) in [5, 5.41) is 17.1. The summed E-state index contributed by atoms with van der Waals surface area (Å²) in [6, 6.07) is 0. The topological polar surface area (TPSA) is 76.4 Å². The van der Waals surface area contributed by atoms with Crippen LogP contribution in [0.5, 0.6) is 0 Å². The largest absolute Gasteiger partial charge is 0.393 e. The molecule has 2 unspecified atom stereocenters. The molecule has 1 fully saturated rings. The fourth-order valence-electron chi connectivity index (χ4n) is 2.42. The summed E-state index contributed by atoms with van der Waals surface area (Å²) in [4.78, 5) is 12.1. The van der Waals surface area contributed by atoms with Gasteiger partial charge >= 0.3 is 0 Å². The van der Waals surface area contributed by atoms with Crippen molar-refractivity contribution >= 4 is 21.6 Å². The first-order chi connectivity index (χ1) is 9.63. The summed E-state index contributed by atoms with van der Waals surface area (Å²) in [6.07, 6.45) is 4.33. The van der Waals surface area contributed by atoms with E-state index in [0.717, 1.165) is 19.3 Å². The minimum atomic E-state index is -0.240. The van der Waals surface area contributed by atoms with Crippen molar-refractivity contribution < 1.29 is 9.84 Å². The van der Waals surface area contributed by atoms with Crippen LogP contribution in [0, 0.1) is 5.92 Å². The zero-order valence-electron chi connectivity index (χ0n) is 11.5. The Bertz CT molecular complexity index is 506. The number of ether oxygens (including phenoxy) is 1. The molecule has 0 spiro atoms. The third kappa shape index (κ3) is 3.59. The Balaban J connectivity index is 2.01. The van der Waals surface area contributed by atoms with Crippen molar-refractivity contribution in [2.45, 2.75) is 31.9 Å². The molecule has 0 amide bonds. The van der Waals surface area contributed by atoms with Gasteiger partial charge < -0.3 is 15.2 Å². The number of hydrogen-bond donors (Lipinski definition) is 2. The Labute approximate surface area is 126 Å². The average molecular weight is 346 g/mol. The SMILES string of the molecule is COCCn1ncc(NCC2CCCC2O)c(Br)c1=O. The van der Waals surface area contributed by atoms with Crippen LogP contribution in [0.4, 0.5) is 5.69 Å². The molecule has 20 heavy (non-hydrogen) atoms. The molecule has 2 N–H and O–H groups in total. The molecule has 1 aromatic rings. The number of aliphatic hydroxyl groups is 1. The molecule has 2 rings (SSSR count). The Morgan fingerprint density at radius 1 is 1.60 bits per heavy atom. The van der Waals surface area contributed by atoms with Crippen molar-refractivity contribution in [2.24, 2.45) is 5.92 Å². The second-order valence-corrected chi connectivity index (χ2v) is 5.83. The highest BCUT2D eigenvalue weighted by atomic mass is 79.9. The van der Waals surface area contributed by atoms with Crippen molar-refractivity contribution in [3.63, 3.8) is 0 Å². The highest BCUT2D eigenvalue weighted by molar-refractivity contribution is 9.10. The van der Waals surface area contributed by atoms with E-state index in [-0.39, 0.29) is 17.6 Å². The summed E-state index contributed by atoms with van der Waals surface area (Å²) in [5.74, 6) is 0.248. The van der Waals surface area contributed by atoms with E-state index in [1.54, 1.807) is 13.3 Å². The van der Waals surface area contributed by atoms with Crippen LogP contribution in [-0.2, 0) is 11.3 Å². The number of aliphatic hydroxyl groups excluding tert-OH is 1. The van der Waals surface area contributed by atoms with Gasteiger partial charge in [0.1, 0.15) is 4.47 Å². The standard InChI is InChI=1S/C13H20BrN3O3/c1-20-6-5-17-13(19)12(14)10(8-16-17)15-7-9-3-2-4-11(9)18/h8-9,11,15,18H,2-7H2,1H3. The maximum atomic E-state index is 12.1. The van der Waals surface area contributed by atoms with Crippen LogP contribution in [0.15, 0.2) is 15.5 Å². The summed E-state index contributed by atoms with van der Waals surface area (Å²) < 4.78 is 6.77. The first-order valence-electron chi connectivity index (χ1n) is 6.80. The fraction of sp³-hybridized carbons (Fsp3) is 0.692. The number of hydrogen-bond acceptors (Lipinski definition) is 5. The van der Waals surface area contributed by atoms with Crippen molar-refractivity contribution in [3.8, 4) is 0 Å². The molecule has 2 atom stereocenters. The quantitative estimate of drug-likeness (QED) is 0.810. The van der Waals surface area contributed by atoms with E-state index in [1.165, 1.54) is 4.68 Å². The number of methoxy groups -OCH3 is 1. The second-order valence-electron chi connectivity index (χ2n) is 5.03. The van der Waals surface area contributed by atoms with Gasteiger partial charge in [0.05, 0.1) is 31.1 Å². The van der Waals surface area contributed by atoms with Gasteiger partial charge in [0, 0.05) is 19.6 Å². The van der Waals surface area contributed by atoms with Crippen LogP contribution in [0.3, 0.4) is 0 Å². The van der Waals surface area contributed by atoms with Gasteiger partial charge in [0.25, 0.3) is 5.56 Å². The van der Waals surface area contributed by atoms with Crippen LogP contribution in [-0.4, -0.2) is 41.3 Å². The molecule has 0 aliphatic heterocycles. The van der Waals surface area contributed by atoms with Crippen molar-refractivity contribution in [3.05, 3.63) is 21.0 Å². The monoisotopic (exact) mass is 345 g/mol. The Morgan fingerprint density at radius 3 is 3.05 bits per heavy atom. The molecule has 1 aromatic heterocycles. The highest BCUT2D eigenvalue weighted by Crippen LogP contribution is 2.26. The van der Waals surface area contributed by atoms with Crippen LogP contribution < -0.4 is 10.9 Å². The molecule has 112 valence electrons. The lowest BCUT2D eigenvalue weighted by Gasteiger charge is -2.16. The minimum absolute atomic E-state index is 0.181. The van der Waals surface area contributed by atoms with Gasteiger partial charge in [-0.05, 0) is 28.8 Å². The molecule has 1 heterocycles. The van der Waals surface area contributed by atoms with E-state index in [0.29, 0.717) is 29.9 Å². The van der Waals surface area contributed by atoms with E-state index in [1.807, 2.05) is 0 Å². The van der Waals surface area contributed by atoms with E-state index in [9.17, 15) is 9.90 Å². The lowest BCUT2D eigenvalue weighted by Crippen LogP contribution is -2.27. The minimum Gasteiger partial charge on any atom is -0.393 e. The van der Waals surface area contributed by atoms with E-state index >= 15 is 0 Å². The maximum Gasteiger partial charge on any atom is 0.283 e. The molecule has 7 heteroatoms. The number of nitrogens with one attached hydrogen (secondary N) is 1. The predicted octanol–water partition coefficient (Wildman–Crippen LogP) is 1.23. The number of halogens is 1. The summed E-state index contributed by atoms with van der Waals surface area (Å²) in [7, 11) is 1.59. The number of rotatable bonds is 6. The smallest absolute Gasteiger partial charge is 0.283 e. The third-order valence-electron chi connectivity index (χ3n) is 3.67. The molecule has 0 saturated heterocycles. The molecule has 6 nitrogen and oxygen atoms in total.